The summed E-state index contributed by atoms with van der Waals surface area (Å²) in [6.45, 7) is 7.67. The summed E-state index contributed by atoms with van der Waals surface area (Å²) in [5, 5.41) is 5.77. The van der Waals surface area contributed by atoms with Gasteiger partial charge in [-0.05, 0) is 60.4 Å². The second-order valence-corrected chi connectivity index (χ2v) is 10.7. The monoisotopic (exact) mass is 529 g/mol. The van der Waals surface area contributed by atoms with Crippen LogP contribution in [0.1, 0.15) is 52.5 Å². The third-order valence-corrected chi connectivity index (χ3v) is 6.53. The van der Waals surface area contributed by atoms with Crippen LogP contribution < -0.4 is 10.6 Å². The van der Waals surface area contributed by atoms with Gasteiger partial charge in [0.25, 0.3) is 0 Å². The molecule has 1 heterocycles. The van der Waals surface area contributed by atoms with Crippen molar-refractivity contribution in [1.82, 2.24) is 10.3 Å². The van der Waals surface area contributed by atoms with Crippen LogP contribution in [0.5, 0.6) is 0 Å². The molecular formula is C32H39N3O4. The SMILES string of the molecule is CCOC(=O)CC(CCCc1ccc(-c2ccccc2)cc1)C(=O)NC(C(=O)Nc1ccncc1)C(C)(C)C. The normalized spacial score (nSPS) is 12.7. The van der Waals surface area contributed by atoms with Gasteiger partial charge in [-0.3, -0.25) is 19.4 Å². The molecule has 1 aromatic heterocycles. The van der Waals surface area contributed by atoms with Crippen molar-refractivity contribution >= 4 is 23.5 Å². The zero-order valence-electron chi connectivity index (χ0n) is 23.3. The number of anilines is 1. The van der Waals surface area contributed by atoms with Crippen LogP contribution in [0.4, 0.5) is 5.69 Å². The lowest BCUT2D eigenvalue weighted by molar-refractivity contribution is -0.146. The Balaban J connectivity index is 1.65. The molecule has 7 nitrogen and oxygen atoms in total. The van der Waals surface area contributed by atoms with Gasteiger partial charge in [-0.15, -0.1) is 0 Å². The summed E-state index contributed by atoms with van der Waals surface area (Å²) >= 11 is 0. The number of nitrogens with one attached hydrogen (secondary N) is 2. The van der Waals surface area contributed by atoms with Gasteiger partial charge in [-0.2, -0.15) is 0 Å². The molecule has 0 saturated heterocycles. The number of ether oxygens (including phenoxy) is 1. The number of pyridine rings is 1. The van der Waals surface area contributed by atoms with E-state index >= 15 is 0 Å². The van der Waals surface area contributed by atoms with Crippen LogP contribution in [-0.2, 0) is 25.5 Å². The van der Waals surface area contributed by atoms with E-state index < -0.39 is 23.3 Å². The van der Waals surface area contributed by atoms with Crippen molar-refractivity contribution < 1.29 is 19.1 Å². The van der Waals surface area contributed by atoms with E-state index in [0.29, 0.717) is 18.5 Å². The number of esters is 1. The Labute approximate surface area is 231 Å². The van der Waals surface area contributed by atoms with Gasteiger partial charge in [0.15, 0.2) is 0 Å². The van der Waals surface area contributed by atoms with E-state index in [9.17, 15) is 14.4 Å². The Morgan fingerprint density at radius 1 is 0.872 bits per heavy atom. The first kappa shape index (κ1) is 29.6. The number of hydrogen-bond donors (Lipinski definition) is 2. The van der Waals surface area contributed by atoms with Crippen LogP contribution in [-0.4, -0.2) is 35.4 Å². The molecule has 0 fully saturated rings. The standard InChI is InChI=1S/C32H39N3O4/c1-5-39-28(36)22-26(13-9-10-23-14-16-25(17-15-23)24-11-7-6-8-12-24)30(37)35-29(32(2,3)4)31(38)34-27-18-20-33-21-19-27/h6-8,11-12,14-21,26,29H,5,9-10,13,22H2,1-4H3,(H,35,37)(H,33,34,38). The molecule has 3 rings (SSSR count). The molecule has 0 aliphatic heterocycles. The van der Waals surface area contributed by atoms with Crippen LogP contribution in [0.2, 0.25) is 0 Å². The van der Waals surface area contributed by atoms with Crippen LogP contribution in [0.3, 0.4) is 0 Å². The molecular weight excluding hydrogens is 490 g/mol. The highest BCUT2D eigenvalue weighted by molar-refractivity contribution is 5.98. The maximum Gasteiger partial charge on any atom is 0.306 e. The lowest BCUT2D eigenvalue weighted by Gasteiger charge is -2.31. The zero-order valence-corrected chi connectivity index (χ0v) is 23.3. The quantitative estimate of drug-likeness (QED) is 0.289. The van der Waals surface area contributed by atoms with E-state index in [4.69, 9.17) is 4.74 Å². The highest BCUT2D eigenvalue weighted by Crippen LogP contribution is 2.24. The van der Waals surface area contributed by atoms with Gasteiger partial charge in [0.05, 0.1) is 13.0 Å². The maximum atomic E-state index is 13.4. The Morgan fingerprint density at radius 3 is 2.13 bits per heavy atom. The van der Waals surface area contributed by atoms with Gasteiger partial charge < -0.3 is 15.4 Å². The second kappa shape index (κ2) is 14.2. The minimum atomic E-state index is -0.798. The topological polar surface area (TPSA) is 97.4 Å². The zero-order chi connectivity index (χ0) is 28.3. The van der Waals surface area contributed by atoms with Crippen molar-refractivity contribution in [3.05, 3.63) is 84.7 Å². The molecule has 39 heavy (non-hydrogen) atoms. The molecule has 0 radical (unpaired) electrons. The molecule has 3 aromatic rings. The molecule has 2 aromatic carbocycles. The van der Waals surface area contributed by atoms with Crippen molar-refractivity contribution in [3.8, 4) is 11.1 Å². The highest BCUT2D eigenvalue weighted by atomic mass is 16.5. The van der Waals surface area contributed by atoms with Crippen molar-refractivity contribution in [2.45, 2.75) is 59.4 Å². The minimum absolute atomic E-state index is 0.0323. The van der Waals surface area contributed by atoms with Crippen LogP contribution in [0, 0.1) is 11.3 Å². The lowest BCUT2D eigenvalue weighted by Crippen LogP contribution is -2.53. The van der Waals surface area contributed by atoms with Gasteiger partial charge in [0.2, 0.25) is 11.8 Å². The fourth-order valence-corrected chi connectivity index (χ4v) is 4.38. The van der Waals surface area contributed by atoms with Gasteiger partial charge >= 0.3 is 5.97 Å². The predicted octanol–water partition coefficient (Wildman–Crippen LogP) is 5.81. The number of carbonyl (C=O) groups is 3. The van der Waals surface area contributed by atoms with Crippen molar-refractivity contribution in [2.24, 2.45) is 11.3 Å². The van der Waals surface area contributed by atoms with Gasteiger partial charge in [0, 0.05) is 24.0 Å². The first-order valence-corrected chi connectivity index (χ1v) is 13.5. The fourth-order valence-electron chi connectivity index (χ4n) is 4.38. The van der Waals surface area contributed by atoms with Crippen molar-refractivity contribution in [3.63, 3.8) is 0 Å². The number of amides is 2. The fraction of sp³-hybridized carbons (Fsp3) is 0.375. The van der Waals surface area contributed by atoms with Gasteiger partial charge in [-0.25, -0.2) is 0 Å². The van der Waals surface area contributed by atoms with Crippen LogP contribution in [0.25, 0.3) is 11.1 Å². The number of benzene rings is 2. The van der Waals surface area contributed by atoms with Gasteiger partial charge in [0.1, 0.15) is 6.04 Å². The Kier molecular flexibility index (Phi) is 10.8. The largest absolute Gasteiger partial charge is 0.466 e. The third-order valence-electron chi connectivity index (χ3n) is 6.53. The van der Waals surface area contributed by atoms with E-state index in [2.05, 4.69) is 52.0 Å². The first-order chi connectivity index (χ1) is 18.7. The summed E-state index contributed by atoms with van der Waals surface area (Å²) in [6.07, 6.45) is 5.12. The summed E-state index contributed by atoms with van der Waals surface area (Å²) in [7, 11) is 0. The summed E-state index contributed by atoms with van der Waals surface area (Å²) < 4.78 is 5.14. The Bertz CT molecular complexity index is 1210. The number of hydrogen-bond acceptors (Lipinski definition) is 5. The van der Waals surface area contributed by atoms with E-state index in [0.717, 1.165) is 23.1 Å². The first-order valence-electron chi connectivity index (χ1n) is 13.5. The maximum absolute atomic E-state index is 13.4. The molecule has 2 atom stereocenters. The van der Waals surface area contributed by atoms with E-state index in [-0.39, 0.29) is 24.8 Å². The molecule has 2 amide bonds. The summed E-state index contributed by atoms with van der Waals surface area (Å²) in [5.74, 6) is -1.67. The number of rotatable bonds is 12. The molecule has 2 unspecified atom stereocenters. The van der Waals surface area contributed by atoms with Gasteiger partial charge in [-0.1, -0.05) is 75.4 Å². The lowest BCUT2D eigenvalue weighted by atomic mass is 9.85. The minimum Gasteiger partial charge on any atom is -0.466 e. The van der Waals surface area contributed by atoms with E-state index in [1.807, 2.05) is 39.0 Å². The molecule has 7 heteroatoms. The molecule has 206 valence electrons. The molecule has 0 bridgehead atoms. The number of aromatic nitrogens is 1. The summed E-state index contributed by atoms with van der Waals surface area (Å²) in [4.78, 5) is 42.9. The smallest absolute Gasteiger partial charge is 0.306 e. The van der Waals surface area contributed by atoms with E-state index in [1.165, 1.54) is 0 Å². The Hall–Kier alpha value is -4.00. The number of aryl methyl sites for hydroxylation is 1. The van der Waals surface area contributed by atoms with Crippen molar-refractivity contribution in [1.29, 1.82) is 0 Å². The van der Waals surface area contributed by atoms with Crippen molar-refractivity contribution in [2.75, 3.05) is 11.9 Å². The number of carbonyl (C=O) groups excluding carboxylic acids is 3. The summed E-state index contributed by atoms with van der Waals surface area (Å²) in [5.41, 5.74) is 3.52. The Morgan fingerprint density at radius 2 is 1.51 bits per heavy atom. The number of nitrogens with zero attached hydrogens (tertiary/aromatic N) is 1. The molecule has 2 N–H and O–H groups in total. The summed E-state index contributed by atoms with van der Waals surface area (Å²) in [6, 6.07) is 21.2. The highest BCUT2D eigenvalue weighted by Gasteiger charge is 2.35. The molecule has 0 spiro atoms. The third kappa shape index (κ3) is 9.36. The molecule has 0 aliphatic carbocycles. The average Bonchev–Trinajstić information content (AvgIpc) is 2.92. The van der Waals surface area contributed by atoms with Crippen LogP contribution >= 0.6 is 0 Å². The van der Waals surface area contributed by atoms with E-state index in [1.54, 1.807) is 31.5 Å². The molecule has 0 saturated carbocycles. The predicted molar refractivity (Wildman–Crippen MR) is 154 cm³/mol. The second-order valence-electron chi connectivity index (χ2n) is 10.7. The van der Waals surface area contributed by atoms with Crippen LogP contribution in [0.15, 0.2) is 79.1 Å². The molecule has 0 aliphatic rings. The average molecular weight is 530 g/mol.